The maximum atomic E-state index is 8.89. The Balaban J connectivity index is -0.000000270. The molecule has 0 rings (SSSR count). The van der Waals surface area contributed by atoms with E-state index in [4.69, 9.17) is 25.5 Å². The smallest absolute Gasteiger partial charge is 0.550 e. The van der Waals surface area contributed by atoms with Gasteiger partial charge in [-0.1, -0.05) is 76.9 Å². The largest absolute Gasteiger partial charge is 2.00 e. The first-order chi connectivity index (χ1) is 12.9. The van der Waals surface area contributed by atoms with Crippen LogP contribution in [0.5, 0.6) is 0 Å². The molecule has 0 bridgehead atoms. The second-order valence-electron chi connectivity index (χ2n) is 6.71. The van der Waals surface area contributed by atoms with E-state index in [0.717, 1.165) is 20.4 Å². The van der Waals surface area contributed by atoms with Gasteiger partial charge in [0.25, 0.3) is 0 Å². The first-order valence-corrected chi connectivity index (χ1v) is 10.6. The van der Waals surface area contributed by atoms with Crippen molar-refractivity contribution in [3.63, 3.8) is 0 Å². The minimum absolute atomic E-state index is 0. The standard InChI is InChI=1S/C18H37N.2C2H4O2.Zn/c1-2-3-4-5-6-7-8-9-10-11-12-13-14-15-16-17-18-19;2*1-2(3)4;/h9-10H,2-8,11-19H2,1H3;2*1H3,(H,3,4);/q;;;+2/p-2/b10-9-;;;. The van der Waals surface area contributed by atoms with Crippen LogP contribution in [0.4, 0.5) is 0 Å². The molecule has 2 N–H and O–H groups in total. The number of unbranched alkanes of at least 4 members (excludes halogenated alkanes) is 12. The normalized spacial score (nSPS) is 9.57. The van der Waals surface area contributed by atoms with Crippen molar-refractivity contribution in [1.82, 2.24) is 0 Å². The molecule has 0 unspecified atom stereocenters. The summed E-state index contributed by atoms with van der Waals surface area (Å²) in [7, 11) is 0. The Labute approximate surface area is 186 Å². The zero-order chi connectivity index (χ0) is 21.2. The van der Waals surface area contributed by atoms with Crippen molar-refractivity contribution in [2.24, 2.45) is 5.73 Å². The van der Waals surface area contributed by atoms with E-state index in [0.29, 0.717) is 0 Å². The molecule has 0 amide bonds. The van der Waals surface area contributed by atoms with Gasteiger partial charge in [0.1, 0.15) is 0 Å². The van der Waals surface area contributed by atoms with Crippen molar-refractivity contribution < 1.29 is 39.3 Å². The van der Waals surface area contributed by atoms with E-state index in [9.17, 15) is 0 Å². The quantitative estimate of drug-likeness (QED) is 0.233. The monoisotopic (exact) mass is 449 g/mol. The number of allylic oxidation sites excluding steroid dienone is 2. The molecule has 5 nitrogen and oxygen atoms in total. The fourth-order valence-corrected chi connectivity index (χ4v) is 2.39. The number of carboxylic acids is 2. The predicted octanol–water partition coefficient (Wildman–Crippen LogP) is 3.49. The first kappa shape index (κ1) is 34.7. The summed E-state index contributed by atoms with van der Waals surface area (Å²) in [4.78, 5) is 17.8. The van der Waals surface area contributed by atoms with Gasteiger partial charge >= 0.3 is 19.5 Å². The fourth-order valence-electron chi connectivity index (χ4n) is 2.39. The second kappa shape index (κ2) is 33.8. The average Bonchev–Trinajstić information content (AvgIpc) is 2.57. The zero-order valence-electron chi connectivity index (χ0n) is 18.7. The van der Waals surface area contributed by atoms with Gasteiger partial charge in [0.2, 0.25) is 0 Å². The number of carbonyl (C=O) groups excluding carboxylic acids is 2. The maximum Gasteiger partial charge on any atom is 2.00 e. The molecular weight excluding hydrogens is 408 g/mol. The van der Waals surface area contributed by atoms with Crippen molar-refractivity contribution in [2.45, 2.75) is 111 Å². The van der Waals surface area contributed by atoms with E-state index in [1.807, 2.05) is 0 Å². The molecule has 0 aromatic rings. The van der Waals surface area contributed by atoms with E-state index in [2.05, 4.69) is 19.1 Å². The van der Waals surface area contributed by atoms with E-state index >= 15 is 0 Å². The molecule has 0 heterocycles. The molecule has 0 saturated carbocycles. The molecule has 0 saturated heterocycles. The van der Waals surface area contributed by atoms with Crippen molar-refractivity contribution >= 4 is 11.9 Å². The van der Waals surface area contributed by atoms with E-state index < -0.39 is 11.9 Å². The summed E-state index contributed by atoms with van der Waals surface area (Å²) in [6.45, 7) is 5.09. The minimum atomic E-state index is -1.08. The number of hydrogen-bond donors (Lipinski definition) is 1. The Bertz CT molecular complexity index is 316. The van der Waals surface area contributed by atoms with Crippen molar-refractivity contribution in [3.8, 4) is 0 Å². The SMILES string of the molecule is CC(=O)[O-].CC(=O)[O-].CCCCCCCC/C=C\CCCCCCCCN.[Zn+2]. The van der Waals surface area contributed by atoms with Gasteiger partial charge in [0, 0.05) is 11.9 Å². The first-order valence-electron chi connectivity index (χ1n) is 10.6. The number of rotatable bonds is 15. The molecule has 0 aliphatic rings. The van der Waals surface area contributed by atoms with Crippen LogP contribution >= 0.6 is 0 Å². The molecule has 0 aliphatic heterocycles. The molecule has 0 spiro atoms. The second-order valence-corrected chi connectivity index (χ2v) is 6.71. The van der Waals surface area contributed by atoms with E-state index in [1.54, 1.807) is 0 Å². The van der Waals surface area contributed by atoms with Crippen molar-refractivity contribution in [1.29, 1.82) is 0 Å². The third-order valence-electron chi connectivity index (χ3n) is 3.72. The zero-order valence-corrected chi connectivity index (χ0v) is 21.6. The Morgan fingerprint density at radius 1 is 0.679 bits per heavy atom. The Hall–Kier alpha value is -0.737. The van der Waals surface area contributed by atoms with E-state index in [1.165, 1.54) is 89.9 Å². The minimum Gasteiger partial charge on any atom is -0.550 e. The van der Waals surface area contributed by atoms with Gasteiger partial charge in [0.05, 0.1) is 0 Å². The van der Waals surface area contributed by atoms with Crippen molar-refractivity contribution in [2.75, 3.05) is 6.54 Å². The molecule has 0 aliphatic carbocycles. The number of hydrogen-bond acceptors (Lipinski definition) is 5. The third-order valence-corrected chi connectivity index (χ3v) is 3.72. The molecule has 162 valence electrons. The summed E-state index contributed by atoms with van der Waals surface area (Å²) in [6, 6.07) is 0. The summed E-state index contributed by atoms with van der Waals surface area (Å²) in [5.74, 6) is -2.17. The Kier molecular flexibility index (Phi) is 42.0. The van der Waals surface area contributed by atoms with Gasteiger partial charge in [-0.2, -0.15) is 0 Å². The summed E-state index contributed by atoms with van der Waals surface area (Å²) in [6.07, 6.45) is 23.9. The summed E-state index contributed by atoms with van der Waals surface area (Å²) in [5, 5.41) is 17.8. The number of carbonyl (C=O) groups is 2. The van der Waals surface area contributed by atoms with Gasteiger partial charge in [-0.3, -0.25) is 0 Å². The average molecular weight is 451 g/mol. The molecule has 28 heavy (non-hydrogen) atoms. The number of aliphatic carboxylic acids is 2. The fraction of sp³-hybridized carbons (Fsp3) is 0.818. The van der Waals surface area contributed by atoms with Crippen LogP contribution in [0.3, 0.4) is 0 Å². The summed E-state index contributed by atoms with van der Waals surface area (Å²) < 4.78 is 0. The van der Waals surface area contributed by atoms with Crippen LogP contribution < -0.4 is 15.9 Å². The maximum absolute atomic E-state index is 8.89. The van der Waals surface area contributed by atoms with Crippen LogP contribution in [-0.4, -0.2) is 18.5 Å². The van der Waals surface area contributed by atoms with Crippen molar-refractivity contribution in [3.05, 3.63) is 12.2 Å². The topological polar surface area (TPSA) is 106 Å². The van der Waals surface area contributed by atoms with Crippen LogP contribution in [-0.2, 0) is 29.1 Å². The van der Waals surface area contributed by atoms with Crippen LogP contribution in [0, 0.1) is 0 Å². The van der Waals surface area contributed by atoms with Crippen LogP contribution in [0.25, 0.3) is 0 Å². The summed E-state index contributed by atoms with van der Waals surface area (Å²) in [5.41, 5.74) is 5.47. The Morgan fingerprint density at radius 3 is 1.29 bits per heavy atom. The van der Waals surface area contributed by atoms with Gasteiger partial charge in [-0.05, 0) is 52.5 Å². The van der Waals surface area contributed by atoms with Gasteiger partial charge in [-0.15, -0.1) is 0 Å². The molecule has 6 heteroatoms. The van der Waals surface area contributed by atoms with E-state index in [-0.39, 0.29) is 19.5 Å². The third kappa shape index (κ3) is 63.8. The molecular formula is C22H43NO4Zn. The molecule has 0 atom stereocenters. The van der Waals surface area contributed by atoms with Gasteiger partial charge in [0.15, 0.2) is 0 Å². The van der Waals surface area contributed by atoms with Gasteiger partial charge < -0.3 is 25.5 Å². The van der Waals surface area contributed by atoms with Crippen LogP contribution in [0.2, 0.25) is 0 Å². The molecule has 0 aromatic carbocycles. The molecule has 0 aromatic heterocycles. The predicted molar refractivity (Wildman–Crippen MR) is 110 cm³/mol. The summed E-state index contributed by atoms with van der Waals surface area (Å²) >= 11 is 0. The number of carboxylic acid groups (broad SMARTS) is 2. The molecule has 0 radical (unpaired) electrons. The van der Waals surface area contributed by atoms with Gasteiger partial charge in [-0.25, -0.2) is 0 Å². The van der Waals surface area contributed by atoms with Crippen LogP contribution in [0.15, 0.2) is 12.2 Å². The Morgan fingerprint density at radius 2 is 0.964 bits per heavy atom. The van der Waals surface area contributed by atoms with Crippen LogP contribution in [0.1, 0.15) is 111 Å². The number of nitrogens with two attached hydrogens (primary N) is 1. The molecule has 0 fully saturated rings.